The number of carboxylic acid groups (broad SMARTS) is 1. The van der Waals surface area contributed by atoms with Gasteiger partial charge in [-0.25, -0.2) is 8.89 Å². The van der Waals surface area contributed by atoms with Crippen LogP contribution in [0, 0.1) is 4.78 Å². The van der Waals surface area contributed by atoms with Gasteiger partial charge in [0, 0.05) is 40.0 Å². The normalized spacial score (nSPS) is 17.3. The molecule has 12 heteroatoms. The summed E-state index contributed by atoms with van der Waals surface area (Å²) in [5.41, 5.74) is 1.99. The van der Waals surface area contributed by atoms with Crippen LogP contribution in [0.5, 0.6) is 0 Å². The van der Waals surface area contributed by atoms with Gasteiger partial charge in [0.15, 0.2) is 5.60 Å². The first-order valence-corrected chi connectivity index (χ1v) is 10.4. The van der Waals surface area contributed by atoms with Crippen molar-refractivity contribution in [1.29, 1.82) is 4.78 Å². The molecule has 0 saturated carbocycles. The molecule has 0 aliphatic heterocycles. The zero-order chi connectivity index (χ0) is 21.9. The van der Waals surface area contributed by atoms with E-state index in [9.17, 15) is 27.3 Å². The SMILES string of the molecule is N=S(=O)(CC[C@H](N)C(=O)O)CCC(O)(c1ccc(-n2cccn2)cc1)C(F)(F)F. The van der Waals surface area contributed by atoms with Crippen molar-refractivity contribution in [3.05, 3.63) is 48.3 Å². The van der Waals surface area contributed by atoms with Gasteiger partial charge < -0.3 is 15.9 Å². The maximum atomic E-state index is 13.6. The van der Waals surface area contributed by atoms with Crippen molar-refractivity contribution in [2.45, 2.75) is 30.7 Å². The molecule has 0 bridgehead atoms. The van der Waals surface area contributed by atoms with E-state index in [0.29, 0.717) is 5.69 Å². The number of aliphatic hydroxyl groups is 1. The number of hydrogen-bond acceptors (Lipinski definition) is 6. The molecule has 5 N–H and O–H groups in total. The lowest BCUT2D eigenvalue weighted by Crippen LogP contribution is -2.44. The number of rotatable bonds is 9. The number of carbonyl (C=O) groups is 1. The minimum atomic E-state index is -5.08. The fourth-order valence-electron chi connectivity index (χ4n) is 2.62. The highest BCUT2D eigenvalue weighted by Gasteiger charge is 2.54. The first-order valence-electron chi connectivity index (χ1n) is 8.48. The fourth-order valence-corrected chi connectivity index (χ4v) is 4.08. The molecule has 2 aromatic rings. The summed E-state index contributed by atoms with van der Waals surface area (Å²) < 4.78 is 62.3. The van der Waals surface area contributed by atoms with Crippen molar-refractivity contribution in [3.63, 3.8) is 0 Å². The van der Waals surface area contributed by atoms with Crippen molar-refractivity contribution in [2.75, 3.05) is 11.5 Å². The average Bonchev–Trinajstić information content (AvgIpc) is 3.18. The number of halogens is 3. The molecule has 29 heavy (non-hydrogen) atoms. The van der Waals surface area contributed by atoms with Gasteiger partial charge in [-0.15, -0.1) is 0 Å². The predicted molar refractivity (Wildman–Crippen MR) is 99.0 cm³/mol. The van der Waals surface area contributed by atoms with E-state index in [2.05, 4.69) is 5.10 Å². The van der Waals surface area contributed by atoms with Crippen molar-refractivity contribution in [1.82, 2.24) is 9.78 Å². The molecule has 8 nitrogen and oxygen atoms in total. The monoisotopic (exact) mass is 434 g/mol. The van der Waals surface area contributed by atoms with Crippen LogP contribution in [-0.4, -0.2) is 53.9 Å². The topological polar surface area (TPSA) is 142 Å². The van der Waals surface area contributed by atoms with Crippen LogP contribution in [0.15, 0.2) is 42.7 Å². The van der Waals surface area contributed by atoms with Gasteiger partial charge in [-0.1, -0.05) is 12.1 Å². The molecule has 0 aliphatic rings. The van der Waals surface area contributed by atoms with Crippen LogP contribution >= 0.6 is 0 Å². The second-order valence-corrected chi connectivity index (χ2v) is 9.00. The second kappa shape index (κ2) is 8.51. The number of aromatic nitrogens is 2. The van der Waals surface area contributed by atoms with Crippen molar-refractivity contribution >= 4 is 15.7 Å². The summed E-state index contributed by atoms with van der Waals surface area (Å²) in [6.07, 6.45) is -3.31. The van der Waals surface area contributed by atoms with Gasteiger partial charge in [0.2, 0.25) is 0 Å². The molecule has 1 aromatic heterocycles. The summed E-state index contributed by atoms with van der Waals surface area (Å²) in [5, 5.41) is 23.1. The maximum absolute atomic E-state index is 13.6. The van der Waals surface area contributed by atoms with Crippen LogP contribution in [-0.2, 0) is 20.1 Å². The van der Waals surface area contributed by atoms with Crippen LogP contribution in [0.4, 0.5) is 13.2 Å². The molecule has 0 spiro atoms. The second-order valence-electron chi connectivity index (χ2n) is 6.56. The third-order valence-electron chi connectivity index (χ3n) is 4.45. The van der Waals surface area contributed by atoms with E-state index in [1.165, 1.54) is 23.0 Å². The first-order chi connectivity index (χ1) is 13.4. The van der Waals surface area contributed by atoms with E-state index in [1.54, 1.807) is 12.3 Å². The van der Waals surface area contributed by atoms with Crippen molar-refractivity contribution < 1.29 is 32.4 Å². The summed E-state index contributed by atoms with van der Waals surface area (Å²) in [5.74, 6) is -2.60. The smallest absolute Gasteiger partial charge is 0.421 e. The molecule has 0 radical (unpaired) electrons. The van der Waals surface area contributed by atoms with Crippen LogP contribution < -0.4 is 5.73 Å². The number of benzene rings is 1. The number of nitrogens with one attached hydrogen (secondary N) is 1. The van der Waals surface area contributed by atoms with Gasteiger partial charge >= 0.3 is 12.1 Å². The molecule has 2 unspecified atom stereocenters. The highest BCUT2D eigenvalue weighted by Crippen LogP contribution is 2.42. The predicted octanol–water partition coefficient (Wildman–Crippen LogP) is 1.86. The van der Waals surface area contributed by atoms with Gasteiger partial charge in [0.25, 0.3) is 0 Å². The highest BCUT2D eigenvalue weighted by molar-refractivity contribution is 7.92. The number of carboxylic acids is 1. The zero-order valence-corrected chi connectivity index (χ0v) is 16.0. The van der Waals surface area contributed by atoms with E-state index >= 15 is 0 Å². The Kier molecular flexibility index (Phi) is 6.71. The minimum Gasteiger partial charge on any atom is -0.480 e. The lowest BCUT2D eigenvalue weighted by Gasteiger charge is -2.31. The Balaban J connectivity index is 2.19. The molecule has 0 amide bonds. The zero-order valence-electron chi connectivity index (χ0n) is 15.2. The third kappa shape index (κ3) is 5.55. The molecular weight excluding hydrogens is 413 g/mol. The number of nitrogens with zero attached hydrogens (tertiary/aromatic N) is 2. The first kappa shape index (κ1) is 22.8. The van der Waals surface area contributed by atoms with E-state index in [-0.39, 0.29) is 6.42 Å². The Morgan fingerprint density at radius 1 is 1.28 bits per heavy atom. The standard InChI is InChI=1S/C17H21F3N4O4S/c18-17(19,20)16(27,7-11-29(22,28)10-6-14(21)15(25)26)12-2-4-13(5-3-12)24-9-1-8-23-24/h1-5,8-9,14,22,27H,6-7,10-11,21H2,(H,25,26)/t14-,16?,29?/m0/s1. The Morgan fingerprint density at radius 3 is 2.38 bits per heavy atom. The number of aliphatic carboxylic acids is 1. The summed E-state index contributed by atoms with van der Waals surface area (Å²) in [6, 6.07) is 5.16. The van der Waals surface area contributed by atoms with Gasteiger partial charge in [-0.05, 0) is 30.2 Å². The number of alkyl halides is 3. The van der Waals surface area contributed by atoms with Crippen LogP contribution in [0.1, 0.15) is 18.4 Å². The fraction of sp³-hybridized carbons (Fsp3) is 0.412. The minimum absolute atomic E-state index is 0.319. The number of hydrogen-bond donors (Lipinski definition) is 4. The van der Waals surface area contributed by atoms with Gasteiger partial charge in [0.05, 0.1) is 5.69 Å². The Bertz CT molecular complexity index is 931. The molecule has 1 aromatic carbocycles. The largest absolute Gasteiger partial charge is 0.480 e. The maximum Gasteiger partial charge on any atom is 0.421 e. The molecule has 0 saturated heterocycles. The lowest BCUT2D eigenvalue weighted by atomic mass is 9.90. The van der Waals surface area contributed by atoms with Crippen LogP contribution in [0.3, 0.4) is 0 Å². The lowest BCUT2D eigenvalue weighted by molar-refractivity contribution is -0.267. The van der Waals surface area contributed by atoms with Crippen molar-refractivity contribution in [3.8, 4) is 5.69 Å². The molecule has 0 aliphatic carbocycles. The summed E-state index contributed by atoms with van der Waals surface area (Å²) in [6.45, 7) is 0. The van der Waals surface area contributed by atoms with Crippen molar-refractivity contribution in [2.24, 2.45) is 5.73 Å². The number of nitrogens with two attached hydrogens (primary N) is 1. The highest BCUT2D eigenvalue weighted by atomic mass is 32.2. The van der Waals surface area contributed by atoms with E-state index in [4.69, 9.17) is 15.6 Å². The molecule has 1 heterocycles. The Labute approximate surface area is 165 Å². The van der Waals surface area contributed by atoms with E-state index in [1.807, 2.05) is 0 Å². The van der Waals surface area contributed by atoms with Crippen LogP contribution in [0.25, 0.3) is 5.69 Å². The Morgan fingerprint density at radius 2 is 1.90 bits per heavy atom. The van der Waals surface area contributed by atoms with Gasteiger partial charge in [-0.2, -0.15) is 18.3 Å². The molecule has 160 valence electrons. The molecule has 3 atom stereocenters. The van der Waals surface area contributed by atoms with Crippen LogP contribution in [0.2, 0.25) is 0 Å². The molecule has 2 rings (SSSR count). The Hall–Kier alpha value is -2.44. The molecule has 0 fully saturated rings. The van der Waals surface area contributed by atoms with Gasteiger partial charge in [0.1, 0.15) is 6.04 Å². The summed E-state index contributed by atoms with van der Waals surface area (Å²) >= 11 is 0. The van der Waals surface area contributed by atoms with Gasteiger partial charge in [-0.3, -0.25) is 9.57 Å². The van der Waals surface area contributed by atoms with E-state index < -0.39 is 57.0 Å². The van der Waals surface area contributed by atoms with E-state index in [0.717, 1.165) is 12.1 Å². The summed E-state index contributed by atoms with van der Waals surface area (Å²) in [7, 11) is -3.57. The quantitative estimate of drug-likeness (QED) is 0.475. The summed E-state index contributed by atoms with van der Waals surface area (Å²) in [4.78, 5) is 10.7. The molecular formula is C17H21F3N4O4S. The average molecular weight is 434 g/mol. The third-order valence-corrected chi connectivity index (χ3v) is 6.21.